The van der Waals surface area contributed by atoms with Gasteiger partial charge in [-0.15, -0.1) is 0 Å². The number of benzene rings is 1. The van der Waals surface area contributed by atoms with E-state index >= 15 is 0 Å². The van der Waals surface area contributed by atoms with Gasteiger partial charge in [-0.2, -0.15) is 13.2 Å². The van der Waals surface area contributed by atoms with Crippen LogP contribution in [-0.2, 0) is 11.5 Å². The lowest BCUT2D eigenvalue weighted by molar-refractivity contribution is -0.138. The number of aromatic nitrogens is 1. The zero-order valence-corrected chi connectivity index (χ0v) is 12.3. The van der Waals surface area contributed by atoms with Crippen LogP contribution in [0.1, 0.15) is 11.1 Å². The molecule has 0 saturated carbocycles. The molecule has 106 valence electrons. The van der Waals surface area contributed by atoms with Crippen LogP contribution in [0.15, 0.2) is 36.7 Å². The summed E-state index contributed by atoms with van der Waals surface area (Å²) in [7, 11) is 0. The van der Waals surface area contributed by atoms with Gasteiger partial charge in [0.25, 0.3) is 0 Å². The molecule has 0 spiro atoms. The van der Waals surface area contributed by atoms with Gasteiger partial charge >= 0.3 is 6.18 Å². The van der Waals surface area contributed by atoms with Crippen LogP contribution in [0.2, 0.25) is 5.02 Å². The molecule has 0 amide bonds. The van der Waals surface area contributed by atoms with Crippen LogP contribution >= 0.6 is 27.5 Å². The Morgan fingerprint density at radius 2 is 1.95 bits per heavy atom. The summed E-state index contributed by atoms with van der Waals surface area (Å²) in [6.45, 7) is 0. The molecule has 1 aromatic carbocycles. The average Bonchev–Trinajstić information content (AvgIpc) is 2.38. The molecule has 0 N–H and O–H groups in total. The van der Waals surface area contributed by atoms with Crippen molar-refractivity contribution in [3.05, 3.63) is 52.8 Å². The Hall–Kier alpha value is -1.27. The first-order valence-electron chi connectivity index (χ1n) is 5.44. The summed E-state index contributed by atoms with van der Waals surface area (Å²) in [5.41, 5.74) is -0.330. The minimum Gasteiger partial charge on any atom is -0.455 e. The lowest BCUT2D eigenvalue weighted by Crippen LogP contribution is -2.07. The number of halogens is 5. The highest BCUT2D eigenvalue weighted by atomic mass is 79.9. The molecule has 0 atom stereocenters. The molecule has 1 heterocycles. The van der Waals surface area contributed by atoms with Crippen molar-refractivity contribution in [1.82, 2.24) is 4.98 Å². The van der Waals surface area contributed by atoms with E-state index in [9.17, 15) is 13.2 Å². The third-order valence-corrected chi connectivity index (χ3v) is 3.27. The highest BCUT2D eigenvalue weighted by molar-refractivity contribution is 9.08. The molecule has 20 heavy (non-hydrogen) atoms. The fourth-order valence-corrected chi connectivity index (χ4v) is 2.06. The highest BCUT2D eigenvalue weighted by Gasteiger charge is 2.34. The van der Waals surface area contributed by atoms with Gasteiger partial charge in [-0.1, -0.05) is 33.6 Å². The third-order valence-electron chi connectivity index (χ3n) is 2.41. The largest absolute Gasteiger partial charge is 0.455 e. The zero-order valence-electron chi connectivity index (χ0n) is 9.92. The maximum absolute atomic E-state index is 13.0. The Kier molecular flexibility index (Phi) is 4.55. The summed E-state index contributed by atoms with van der Waals surface area (Å²) in [6.07, 6.45) is -1.84. The Labute approximate surface area is 126 Å². The molecule has 0 fully saturated rings. The van der Waals surface area contributed by atoms with E-state index in [0.717, 1.165) is 6.07 Å². The van der Waals surface area contributed by atoms with Crippen molar-refractivity contribution in [3.63, 3.8) is 0 Å². The molecule has 0 aliphatic rings. The van der Waals surface area contributed by atoms with Crippen molar-refractivity contribution in [2.24, 2.45) is 0 Å². The molecular formula is C13H8BrClF3NO. The Bertz CT molecular complexity index is 619. The van der Waals surface area contributed by atoms with Gasteiger partial charge in [-0.05, 0) is 17.7 Å². The fourth-order valence-electron chi connectivity index (χ4n) is 1.55. The normalized spacial score (nSPS) is 11.4. The number of ether oxygens (including phenoxy) is 1. The Morgan fingerprint density at radius 1 is 1.20 bits per heavy atom. The van der Waals surface area contributed by atoms with Crippen LogP contribution in [0.25, 0.3) is 0 Å². The van der Waals surface area contributed by atoms with Crippen LogP contribution in [0.5, 0.6) is 11.5 Å². The molecule has 0 unspecified atom stereocenters. The maximum Gasteiger partial charge on any atom is 0.419 e. The summed E-state index contributed by atoms with van der Waals surface area (Å²) in [5, 5.41) is 0.614. The van der Waals surface area contributed by atoms with E-state index in [-0.39, 0.29) is 16.5 Å². The first-order valence-corrected chi connectivity index (χ1v) is 6.94. The van der Waals surface area contributed by atoms with Crippen LogP contribution in [0.4, 0.5) is 13.2 Å². The molecule has 7 heteroatoms. The van der Waals surface area contributed by atoms with E-state index in [4.69, 9.17) is 16.3 Å². The van der Waals surface area contributed by atoms with Gasteiger partial charge in [-0.25, -0.2) is 0 Å². The van der Waals surface area contributed by atoms with Gasteiger partial charge in [0.15, 0.2) is 0 Å². The average molecular weight is 367 g/mol. The summed E-state index contributed by atoms with van der Waals surface area (Å²) in [6, 6.07) is 5.27. The van der Waals surface area contributed by atoms with E-state index in [1.807, 2.05) is 0 Å². The quantitative estimate of drug-likeness (QED) is 0.675. The summed E-state index contributed by atoms with van der Waals surface area (Å²) < 4.78 is 44.3. The zero-order chi connectivity index (χ0) is 14.8. The second-order valence-electron chi connectivity index (χ2n) is 3.90. The van der Waals surface area contributed by atoms with Gasteiger partial charge in [0, 0.05) is 17.6 Å². The van der Waals surface area contributed by atoms with Crippen molar-refractivity contribution in [3.8, 4) is 11.5 Å². The molecule has 0 radical (unpaired) electrons. The van der Waals surface area contributed by atoms with Crippen molar-refractivity contribution < 1.29 is 17.9 Å². The standard InChI is InChI=1S/C13H8BrClF3NO/c14-5-8-1-2-12(11(3-8)13(16,17)18)20-10-4-9(15)6-19-7-10/h1-4,6-7H,5H2. The first-order chi connectivity index (χ1) is 9.40. The van der Waals surface area contributed by atoms with Crippen molar-refractivity contribution in [2.75, 3.05) is 0 Å². The monoisotopic (exact) mass is 365 g/mol. The van der Waals surface area contributed by atoms with Gasteiger partial charge < -0.3 is 4.74 Å². The van der Waals surface area contributed by atoms with Crippen molar-refractivity contribution in [1.29, 1.82) is 0 Å². The summed E-state index contributed by atoms with van der Waals surface area (Å²) >= 11 is 8.84. The predicted molar refractivity (Wildman–Crippen MR) is 73.4 cm³/mol. The summed E-state index contributed by atoms with van der Waals surface area (Å²) in [5.74, 6) is -0.138. The molecule has 1 aromatic heterocycles. The van der Waals surface area contributed by atoms with Crippen LogP contribution < -0.4 is 4.74 Å². The molecule has 2 nitrogen and oxygen atoms in total. The Morgan fingerprint density at radius 3 is 2.55 bits per heavy atom. The molecule has 2 aromatic rings. The van der Waals surface area contributed by atoms with Crippen LogP contribution in [0.3, 0.4) is 0 Å². The molecule has 0 bridgehead atoms. The van der Waals surface area contributed by atoms with E-state index in [2.05, 4.69) is 20.9 Å². The summed E-state index contributed by atoms with van der Waals surface area (Å²) in [4.78, 5) is 3.76. The number of pyridine rings is 1. The van der Waals surface area contributed by atoms with Crippen LogP contribution in [0, 0.1) is 0 Å². The second kappa shape index (κ2) is 6.01. The number of hydrogen-bond donors (Lipinski definition) is 0. The van der Waals surface area contributed by atoms with Gasteiger partial charge in [0.05, 0.1) is 16.8 Å². The topological polar surface area (TPSA) is 22.1 Å². The van der Waals surface area contributed by atoms with E-state index in [1.165, 1.54) is 24.5 Å². The first kappa shape index (κ1) is 15.1. The fraction of sp³-hybridized carbons (Fsp3) is 0.154. The van der Waals surface area contributed by atoms with Gasteiger partial charge in [-0.3, -0.25) is 4.98 Å². The molecule has 2 rings (SSSR count). The third kappa shape index (κ3) is 3.64. The van der Waals surface area contributed by atoms with E-state index in [1.54, 1.807) is 6.07 Å². The number of rotatable bonds is 3. The highest BCUT2D eigenvalue weighted by Crippen LogP contribution is 2.39. The minimum atomic E-state index is -4.50. The molecule has 0 saturated heterocycles. The van der Waals surface area contributed by atoms with Gasteiger partial charge in [0.2, 0.25) is 0 Å². The SMILES string of the molecule is FC(F)(F)c1cc(CBr)ccc1Oc1cncc(Cl)c1. The van der Waals surface area contributed by atoms with E-state index < -0.39 is 11.7 Å². The molecule has 0 aliphatic heterocycles. The molecule has 0 aliphatic carbocycles. The van der Waals surface area contributed by atoms with Crippen molar-refractivity contribution in [2.45, 2.75) is 11.5 Å². The number of hydrogen-bond acceptors (Lipinski definition) is 2. The predicted octanol–water partition coefficient (Wildman–Crippen LogP) is 5.44. The smallest absolute Gasteiger partial charge is 0.419 e. The Balaban J connectivity index is 2.41. The lowest BCUT2D eigenvalue weighted by atomic mass is 10.1. The number of nitrogens with zero attached hydrogens (tertiary/aromatic N) is 1. The van der Waals surface area contributed by atoms with Crippen molar-refractivity contribution >= 4 is 27.5 Å². The maximum atomic E-state index is 13.0. The molecular weight excluding hydrogens is 359 g/mol. The van der Waals surface area contributed by atoms with Gasteiger partial charge in [0.1, 0.15) is 11.5 Å². The lowest BCUT2D eigenvalue weighted by Gasteiger charge is -2.14. The number of alkyl halides is 4. The second-order valence-corrected chi connectivity index (χ2v) is 4.90. The van der Waals surface area contributed by atoms with Crippen LogP contribution in [-0.4, -0.2) is 4.98 Å². The van der Waals surface area contributed by atoms with E-state index in [0.29, 0.717) is 10.9 Å². The minimum absolute atomic E-state index is 0.148.